The summed E-state index contributed by atoms with van der Waals surface area (Å²) in [5.74, 6) is 7.59. The average Bonchev–Trinajstić information content (AvgIpc) is 2.80. The Hall–Kier alpha value is -2.25. The largest absolute Gasteiger partial charge is 0.497 e. The van der Waals surface area contributed by atoms with Crippen LogP contribution in [-0.2, 0) is 7.05 Å². The summed E-state index contributed by atoms with van der Waals surface area (Å²) in [7, 11) is 4.97. The van der Waals surface area contributed by atoms with Crippen LogP contribution in [0.2, 0.25) is 0 Å². The Labute approximate surface area is 117 Å². The van der Waals surface area contributed by atoms with Crippen LogP contribution < -0.4 is 26.5 Å². The molecule has 1 aromatic heterocycles. The van der Waals surface area contributed by atoms with Crippen LogP contribution in [0, 0.1) is 0 Å². The number of aryl methyl sites for hydroxylation is 1. The van der Waals surface area contributed by atoms with Crippen LogP contribution in [0.5, 0.6) is 11.5 Å². The van der Waals surface area contributed by atoms with Gasteiger partial charge in [0.2, 0.25) is 0 Å². The first-order valence-electron chi connectivity index (χ1n) is 6.07. The van der Waals surface area contributed by atoms with Crippen molar-refractivity contribution in [3.63, 3.8) is 0 Å². The number of nitrogens with one attached hydrogen (secondary N) is 1. The van der Waals surface area contributed by atoms with Gasteiger partial charge >= 0.3 is 0 Å². The number of methoxy groups -OCH3 is 2. The molecule has 0 bridgehead atoms. The third-order valence-electron chi connectivity index (χ3n) is 3.20. The van der Waals surface area contributed by atoms with E-state index in [0.717, 1.165) is 11.1 Å². The van der Waals surface area contributed by atoms with Crippen molar-refractivity contribution in [3.05, 3.63) is 35.5 Å². The van der Waals surface area contributed by atoms with Crippen LogP contribution in [0.25, 0.3) is 0 Å². The fourth-order valence-corrected chi connectivity index (χ4v) is 2.05. The Morgan fingerprint density at radius 3 is 2.20 bits per heavy atom. The second-order valence-electron chi connectivity index (χ2n) is 4.35. The molecule has 0 amide bonds. The van der Waals surface area contributed by atoms with E-state index >= 15 is 0 Å². The summed E-state index contributed by atoms with van der Waals surface area (Å²) >= 11 is 0. The van der Waals surface area contributed by atoms with Gasteiger partial charge in [0.15, 0.2) is 0 Å². The summed E-state index contributed by atoms with van der Waals surface area (Å²) in [5, 5.41) is 4.13. The molecule has 0 spiro atoms. The molecule has 20 heavy (non-hydrogen) atoms. The van der Waals surface area contributed by atoms with E-state index < -0.39 is 0 Å². The van der Waals surface area contributed by atoms with Crippen molar-refractivity contribution < 1.29 is 9.47 Å². The molecule has 0 aliphatic rings. The zero-order valence-corrected chi connectivity index (χ0v) is 11.8. The first-order valence-corrected chi connectivity index (χ1v) is 6.07. The monoisotopic (exact) mass is 277 g/mol. The van der Waals surface area contributed by atoms with E-state index in [1.54, 1.807) is 38.2 Å². The lowest BCUT2D eigenvalue weighted by Gasteiger charge is -2.18. The highest BCUT2D eigenvalue weighted by atomic mass is 16.5. The van der Waals surface area contributed by atoms with Gasteiger partial charge in [0.25, 0.3) is 0 Å². The number of hydrazine groups is 1. The van der Waals surface area contributed by atoms with E-state index in [0.29, 0.717) is 17.3 Å². The summed E-state index contributed by atoms with van der Waals surface area (Å²) in [6, 6.07) is 5.25. The van der Waals surface area contributed by atoms with Crippen LogP contribution in [0.3, 0.4) is 0 Å². The average molecular weight is 277 g/mol. The Bertz CT molecular complexity index is 574. The number of rotatable bonds is 5. The van der Waals surface area contributed by atoms with Gasteiger partial charge in [-0.3, -0.25) is 10.5 Å². The van der Waals surface area contributed by atoms with Gasteiger partial charge in [-0.25, -0.2) is 5.43 Å². The minimum absolute atomic E-state index is 0.298. The second-order valence-corrected chi connectivity index (χ2v) is 4.35. The first-order chi connectivity index (χ1) is 9.60. The van der Waals surface area contributed by atoms with Crippen molar-refractivity contribution in [2.75, 3.05) is 20.0 Å². The minimum Gasteiger partial charge on any atom is -0.497 e. The van der Waals surface area contributed by atoms with Gasteiger partial charge in [-0.15, -0.1) is 0 Å². The van der Waals surface area contributed by atoms with Crippen LogP contribution in [0.1, 0.15) is 17.2 Å². The lowest BCUT2D eigenvalue weighted by atomic mass is 10.0. The van der Waals surface area contributed by atoms with Crippen molar-refractivity contribution in [3.8, 4) is 11.5 Å². The van der Waals surface area contributed by atoms with Gasteiger partial charge < -0.3 is 15.2 Å². The first kappa shape index (κ1) is 14.2. The lowest BCUT2D eigenvalue weighted by Crippen LogP contribution is -2.29. The standard InChI is InChI=1S/C13H19N5O2/c1-18-13(14)11(7-16-18)12(17-15)8-4-9(19-2)6-10(5-8)20-3/h4-7,12,17H,14-15H2,1-3H3. The maximum absolute atomic E-state index is 6.00. The van der Waals surface area contributed by atoms with Crippen molar-refractivity contribution >= 4 is 5.82 Å². The number of anilines is 1. The van der Waals surface area contributed by atoms with Crippen molar-refractivity contribution in [1.29, 1.82) is 0 Å². The Morgan fingerprint density at radius 2 is 1.80 bits per heavy atom. The number of aromatic nitrogens is 2. The van der Waals surface area contributed by atoms with Crippen LogP contribution >= 0.6 is 0 Å². The molecular formula is C13H19N5O2. The topological polar surface area (TPSA) is 100 Å². The van der Waals surface area contributed by atoms with E-state index in [-0.39, 0.29) is 6.04 Å². The van der Waals surface area contributed by atoms with Gasteiger partial charge in [-0.1, -0.05) is 0 Å². The molecule has 0 saturated carbocycles. The third-order valence-corrected chi connectivity index (χ3v) is 3.20. The van der Waals surface area contributed by atoms with Crippen molar-refractivity contribution in [1.82, 2.24) is 15.2 Å². The number of ether oxygens (including phenoxy) is 2. The smallest absolute Gasteiger partial charge is 0.126 e. The highest BCUT2D eigenvalue weighted by Gasteiger charge is 2.19. The van der Waals surface area contributed by atoms with Crippen molar-refractivity contribution in [2.24, 2.45) is 12.9 Å². The number of nitrogens with zero attached hydrogens (tertiary/aromatic N) is 2. The SMILES string of the molecule is COc1cc(OC)cc(C(NN)c2cnn(C)c2N)c1. The summed E-state index contributed by atoms with van der Waals surface area (Å²) < 4.78 is 12.1. The molecule has 1 heterocycles. The molecule has 5 N–H and O–H groups in total. The highest BCUT2D eigenvalue weighted by molar-refractivity contribution is 5.48. The third kappa shape index (κ3) is 2.54. The van der Waals surface area contributed by atoms with Gasteiger partial charge in [-0.2, -0.15) is 5.10 Å². The number of benzene rings is 1. The molecule has 2 aromatic rings. The summed E-state index contributed by atoms with van der Waals surface area (Å²) in [5.41, 5.74) is 10.4. The van der Waals surface area contributed by atoms with Gasteiger partial charge in [0.05, 0.1) is 26.5 Å². The molecule has 2 rings (SSSR count). The molecular weight excluding hydrogens is 258 g/mol. The lowest BCUT2D eigenvalue weighted by molar-refractivity contribution is 0.392. The number of hydrogen-bond acceptors (Lipinski definition) is 6. The molecule has 0 radical (unpaired) electrons. The minimum atomic E-state index is -0.298. The Morgan fingerprint density at radius 1 is 1.20 bits per heavy atom. The zero-order chi connectivity index (χ0) is 14.7. The molecule has 7 heteroatoms. The van der Waals surface area contributed by atoms with Crippen LogP contribution in [-0.4, -0.2) is 24.0 Å². The van der Waals surface area contributed by atoms with E-state index in [4.69, 9.17) is 21.1 Å². The van der Waals surface area contributed by atoms with Gasteiger partial charge in [-0.05, 0) is 17.7 Å². The van der Waals surface area contributed by atoms with Gasteiger partial charge in [0.1, 0.15) is 17.3 Å². The quantitative estimate of drug-likeness (QED) is 0.546. The maximum Gasteiger partial charge on any atom is 0.126 e. The zero-order valence-electron chi connectivity index (χ0n) is 11.8. The van der Waals surface area contributed by atoms with E-state index in [1.165, 1.54) is 0 Å². The molecule has 0 saturated heterocycles. The van der Waals surface area contributed by atoms with E-state index in [2.05, 4.69) is 10.5 Å². The molecule has 1 aromatic carbocycles. The molecule has 1 atom stereocenters. The van der Waals surface area contributed by atoms with Crippen molar-refractivity contribution in [2.45, 2.75) is 6.04 Å². The van der Waals surface area contributed by atoms with Gasteiger partial charge in [0, 0.05) is 18.7 Å². The molecule has 1 unspecified atom stereocenters. The fourth-order valence-electron chi connectivity index (χ4n) is 2.05. The normalized spacial score (nSPS) is 12.2. The summed E-state index contributed by atoms with van der Waals surface area (Å²) in [6.07, 6.45) is 1.69. The number of hydrogen-bond donors (Lipinski definition) is 3. The maximum atomic E-state index is 6.00. The summed E-state index contributed by atoms with van der Waals surface area (Å²) in [4.78, 5) is 0. The summed E-state index contributed by atoms with van der Waals surface area (Å²) in [6.45, 7) is 0. The fraction of sp³-hybridized carbons (Fsp3) is 0.308. The predicted molar refractivity (Wildman–Crippen MR) is 76.3 cm³/mol. The molecule has 108 valence electrons. The van der Waals surface area contributed by atoms with E-state index in [1.807, 2.05) is 12.1 Å². The second kappa shape index (κ2) is 5.81. The number of nitrogen functional groups attached to an aromatic ring is 1. The molecule has 0 aliphatic carbocycles. The molecule has 0 fully saturated rings. The predicted octanol–water partition coefficient (Wildman–Crippen LogP) is 0.572. The van der Waals surface area contributed by atoms with Crippen LogP contribution in [0.4, 0.5) is 5.82 Å². The Balaban J connectivity index is 2.48. The molecule has 7 nitrogen and oxygen atoms in total. The molecule has 0 aliphatic heterocycles. The van der Waals surface area contributed by atoms with E-state index in [9.17, 15) is 0 Å². The number of nitrogens with two attached hydrogens (primary N) is 2. The van der Waals surface area contributed by atoms with Crippen LogP contribution in [0.15, 0.2) is 24.4 Å². The highest BCUT2D eigenvalue weighted by Crippen LogP contribution is 2.31. The Kier molecular flexibility index (Phi) is 4.11.